The van der Waals surface area contributed by atoms with Crippen LogP contribution >= 0.6 is 0 Å². The van der Waals surface area contributed by atoms with E-state index in [2.05, 4.69) is 4.90 Å². The van der Waals surface area contributed by atoms with E-state index in [1.165, 1.54) is 7.11 Å². The minimum absolute atomic E-state index is 0.0566. The van der Waals surface area contributed by atoms with Gasteiger partial charge < -0.3 is 9.30 Å². The Hall–Kier alpha value is -2.25. The van der Waals surface area contributed by atoms with Gasteiger partial charge in [0, 0.05) is 60.2 Å². The molecule has 6 nitrogen and oxygen atoms in total. The number of pyridine rings is 1. The van der Waals surface area contributed by atoms with Crippen LogP contribution in [0.1, 0.15) is 10.4 Å². The van der Waals surface area contributed by atoms with Crippen molar-refractivity contribution in [1.29, 1.82) is 0 Å². The van der Waals surface area contributed by atoms with Crippen molar-refractivity contribution in [2.75, 3.05) is 38.2 Å². The van der Waals surface area contributed by atoms with E-state index in [0.29, 0.717) is 29.2 Å². The van der Waals surface area contributed by atoms with Crippen molar-refractivity contribution in [1.82, 2.24) is 9.47 Å². The molecule has 0 spiro atoms. The maximum absolute atomic E-state index is 12.8. The molecule has 1 aliphatic rings. The van der Waals surface area contributed by atoms with Gasteiger partial charge in [-0.2, -0.15) is 0 Å². The van der Waals surface area contributed by atoms with Gasteiger partial charge >= 0.3 is 5.97 Å². The Morgan fingerprint density at radius 1 is 1.12 bits per heavy atom. The summed E-state index contributed by atoms with van der Waals surface area (Å²) >= 11 is 0. The first-order chi connectivity index (χ1) is 12.6. The molecule has 0 radical (unpaired) electrons. The molecule has 0 aliphatic carbocycles. The molecule has 0 atom stereocenters. The van der Waals surface area contributed by atoms with E-state index in [1.54, 1.807) is 41.1 Å². The Bertz CT molecular complexity index is 851. The van der Waals surface area contributed by atoms with Crippen molar-refractivity contribution in [3.8, 4) is 11.1 Å². The highest BCUT2D eigenvalue weighted by molar-refractivity contribution is 7.85. The van der Waals surface area contributed by atoms with E-state index in [1.807, 2.05) is 6.07 Å². The van der Waals surface area contributed by atoms with Crippen molar-refractivity contribution >= 4 is 16.8 Å². The van der Waals surface area contributed by atoms with Crippen LogP contribution in [0.3, 0.4) is 0 Å². The van der Waals surface area contributed by atoms with E-state index in [0.717, 1.165) is 25.2 Å². The summed E-state index contributed by atoms with van der Waals surface area (Å²) in [6.45, 7) is 2.99. The molecule has 1 fully saturated rings. The minimum atomic E-state index is -0.691. The Labute approximate surface area is 154 Å². The molecule has 2 heterocycles. The number of hydrogen-bond acceptors (Lipinski definition) is 5. The van der Waals surface area contributed by atoms with Crippen LogP contribution in [0.5, 0.6) is 0 Å². The summed E-state index contributed by atoms with van der Waals surface area (Å²) < 4.78 is 17.8. The molecule has 26 heavy (non-hydrogen) atoms. The first-order valence-electron chi connectivity index (χ1n) is 8.54. The molecule has 1 saturated heterocycles. The molecule has 1 aliphatic heterocycles. The van der Waals surface area contributed by atoms with Crippen molar-refractivity contribution in [3.63, 3.8) is 0 Å². The van der Waals surface area contributed by atoms with Crippen LogP contribution in [0.4, 0.5) is 0 Å². The second-order valence-electron chi connectivity index (χ2n) is 6.18. The summed E-state index contributed by atoms with van der Waals surface area (Å²) in [6.07, 6.45) is 1.79. The molecule has 0 N–H and O–H groups in total. The van der Waals surface area contributed by atoms with Gasteiger partial charge in [0.05, 0.1) is 12.7 Å². The third-order valence-corrected chi connectivity index (χ3v) is 5.84. The third kappa shape index (κ3) is 4.28. The molecule has 2 aromatic rings. The molecular formula is C19H22N2O4S. The highest BCUT2D eigenvalue weighted by Crippen LogP contribution is 2.16. The Balaban J connectivity index is 1.73. The predicted molar refractivity (Wildman–Crippen MR) is 102 cm³/mol. The zero-order chi connectivity index (χ0) is 18.5. The van der Waals surface area contributed by atoms with Crippen LogP contribution in [0.2, 0.25) is 0 Å². The second kappa shape index (κ2) is 8.42. The summed E-state index contributed by atoms with van der Waals surface area (Å²) in [7, 11) is 0.648. The van der Waals surface area contributed by atoms with Crippen molar-refractivity contribution in [2.24, 2.45) is 0 Å². The Kier molecular flexibility index (Phi) is 6.00. The smallest absolute Gasteiger partial charge is 0.337 e. The van der Waals surface area contributed by atoms with Gasteiger partial charge in [-0.05, 0) is 29.8 Å². The lowest BCUT2D eigenvalue weighted by Crippen LogP contribution is -2.40. The summed E-state index contributed by atoms with van der Waals surface area (Å²) in [6, 6.07) is 10.5. The lowest BCUT2D eigenvalue weighted by Gasteiger charge is -2.26. The lowest BCUT2D eigenvalue weighted by atomic mass is 10.1. The van der Waals surface area contributed by atoms with Crippen LogP contribution in [-0.2, 0) is 22.1 Å². The number of nitrogens with zero attached hydrogens (tertiary/aromatic N) is 2. The molecule has 3 rings (SSSR count). The average Bonchev–Trinajstić information content (AvgIpc) is 2.68. The summed E-state index contributed by atoms with van der Waals surface area (Å²) in [5.74, 6) is 1.02. The normalized spacial score (nSPS) is 15.7. The van der Waals surface area contributed by atoms with Gasteiger partial charge in [0.1, 0.15) is 0 Å². The number of carbonyl (C=O) groups excluding carboxylic acids is 1. The van der Waals surface area contributed by atoms with Crippen molar-refractivity contribution in [3.05, 3.63) is 58.5 Å². The number of carbonyl (C=O) groups is 1. The SMILES string of the molecule is COC(=O)c1ccc(-c2cccn(CCN3CCS(=O)CC3)c2=O)cc1. The molecule has 1 aromatic carbocycles. The van der Waals surface area contributed by atoms with Gasteiger partial charge in [0.15, 0.2) is 0 Å². The highest BCUT2D eigenvalue weighted by atomic mass is 32.2. The predicted octanol–water partition coefficient (Wildman–Crippen LogP) is 1.37. The average molecular weight is 374 g/mol. The number of esters is 1. The van der Waals surface area contributed by atoms with E-state index >= 15 is 0 Å². The molecule has 138 valence electrons. The summed E-state index contributed by atoms with van der Waals surface area (Å²) in [5, 5.41) is 0. The minimum Gasteiger partial charge on any atom is -0.465 e. The Morgan fingerprint density at radius 3 is 2.46 bits per heavy atom. The zero-order valence-corrected chi connectivity index (χ0v) is 15.5. The van der Waals surface area contributed by atoms with Crippen LogP contribution in [0.25, 0.3) is 11.1 Å². The number of benzene rings is 1. The van der Waals surface area contributed by atoms with Crippen molar-refractivity contribution in [2.45, 2.75) is 6.54 Å². The van der Waals surface area contributed by atoms with Crippen LogP contribution < -0.4 is 5.56 Å². The molecule has 0 amide bonds. The fourth-order valence-corrected chi connectivity index (χ4v) is 4.11. The quantitative estimate of drug-likeness (QED) is 0.740. The van der Waals surface area contributed by atoms with E-state index in [9.17, 15) is 13.8 Å². The number of methoxy groups -OCH3 is 1. The van der Waals surface area contributed by atoms with Crippen molar-refractivity contribution < 1.29 is 13.7 Å². The topological polar surface area (TPSA) is 68.6 Å². The summed E-state index contributed by atoms with van der Waals surface area (Å²) in [4.78, 5) is 26.5. The molecule has 0 bridgehead atoms. The van der Waals surface area contributed by atoms with Crippen LogP contribution in [0.15, 0.2) is 47.4 Å². The molecular weight excluding hydrogens is 352 g/mol. The van der Waals surface area contributed by atoms with Gasteiger partial charge in [-0.1, -0.05) is 12.1 Å². The number of ether oxygens (including phenoxy) is 1. The van der Waals surface area contributed by atoms with Gasteiger partial charge in [-0.3, -0.25) is 13.9 Å². The number of rotatable bonds is 5. The summed E-state index contributed by atoms with van der Waals surface area (Å²) in [5.41, 5.74) is 1.77. The zero-order valence-electron chi connectivity index (χ0n) is 14.7. The van der Waals surface area contributed by atoms with E-state index < -0.39 is 16.8 Å². The first-order valence-corrected chi connectivity index (χ1v) is 10.0. The van der Waals surface area contributed by atoms with Gasteiger partial charge in [0.2, 0.25) is 0 Å². The number of aromatic nitrogens is 1. The first kappa shape index (κ1) is 18.5. The lowest BCUT2D eigenvalue weighted by molar-refractivity contribution is 0.0601. The monoisotopic (exact) mass is 374 g/mol. The third-order valence-electron chi connectivity index (χ3n) is 4.56. The molecule has 7 heteroatoms. The largest absolute Gasteiger partial charge is 0.465 e. The highest BCUT2D eigenvalue weighted by Gasteiger charge is 2.15. The van der Waals surface area contributed by atoms with E-state index in [4.69, 9.17) is 4.74 Å². The fraction of sp³-hybridized carbons (Fsp3) is 0.368. The number of hydrogen-bond donors (Lipinski definition) is 0. The molecule has 1 aromatic heterocycles. The van der Waals surface area contributed by atoms with Gasteiger partial charge in [-0.25, -0.2) is 4.79 Å². The van der Waals surface area contributed by atoms with Crippen LogP contribution in [-0.4, -0.2) is 57.9 Å². The van der Waals surface area contributed by atoms with Gasteiger partial charge in [-0.15, -0.1) is 0 Å². The molecule has 0 unspecified atom stereocenters. The molecule has 0 saturated carbocycles. The fourth-order valence-electron chi connectivity index (χ4n) is 2.98. The maximum Gasteiger partial charge on any atom is 0.337 e. The van der Waals surface area contributed by atoms with E-state index in [-0.39, 0.29) is 5.56 Å². The Morgan fingerprint density at radius 2 is 1.81 bits per heavy atom. The second-order valence-corrected chi connectivity index (χ2v) is 7.88. The maximum atomic E-state index is 12.8. The van der Waals surface area contributed by atoms with Gasteiger partial charge in [0.25, 0.3) is 5.56 Å². The standard InChI is InChI=1S/C19H22N2O4S/c1-25-19(23)16-6-4-15(5-7-16)17-3-2-8-21(18(17)22)10-9-20-11-13-26(24)14-12-20/h2-8H,9-14H2,1H3. The van der Waals surface area contributed by atoms with Crippen LogP contribution in [0, 0.1) is 0 Å².